The molecule has 1 saturated heterocycles. The molecule has 0 amide bonds. The lowest BCUT2D eigenvalue weighted by Gasteiger charge is -2.30. The van der Waals surface area contributed by atoms with Crippen LogP contribution in [-0.4, -0.2) is 31.3 Å². The van der Waals surface area contributed by atoms with E-state index in [1.54, 1.807) is 0 Å². The lowest BCUT2D eigenvalue weighted by atomic mass is 10.1. The van der Waals surface area contributed by atoms with Crippen LogP contribution in [0.25, 0.3) is 0 Å². The molecule has 0 saturated carbocycles. The van der Waals surface area contributed by atoms with E-state index in [1.807, 2.05) is 6.20 Å². The fourth-order valence-corrected chi connectivity index (χ4v) is 1.95. The summed E-state index contributed by atoms with van der Waals surface area (Å²) in [5.74, 6) is 0. The predicted octanol–water partition coefficient (Wildman–Crippen LogP) is 1.70. The highest BCUT2D eigenvalue weighted by Crippen LogP contribution is 2.23. The highest BCUT2D eigenvalue weighted by atomic mass is 16.5. The van der Waals surface area contributed by atoms with Crippen LogP contribution in [0.2, 0.25) is 0 Å². The molecule has 4 heteroatoms. The van der Waals surface area contributed by atoms with Gasteiger partial charge < -0.3 is 15.8 Å². The van der Waals surface area contributed by atoms with Crippen LogP contribution >= 0.6 is 0 Å². The molecule has 0 aliphatic carbocycles. The molecule has 2 heterocycles. The molecule has 1 aliphatic rings. The molecule has 15 heavy (non-hydrogen) atoms. The number of pyridine rings is 1. The van der Waals surface area contributed by atoms with Gasteiger partial charge in [-0.05, 0) is 25.5 Å². The molecule has 1 aromatic heterocycles. The van der Waals surface area contributed by atoms with Crippen molar-refractivity contribution in [3.63, 3.8) is 0 Å². The number of aromatic nitrogens is 1. The average molecular weight is 209 g/mol. The van der Waals surface area contributed by atoms with E-state index in [2.05, 4.69) is 29.8 Å². The molecule has 1 fully saturated rings. The van der Waals surface area contributed by atoms with Gasteiger partial charge in [-0.25, -0.2) is 0 Å². The van der Waals surface area contributed by atoms with Crippen molar-refractivity contribution in [2.24, 2.45) is 0 Å². The van der Waals surface area contributed by atoms with Crippen molar-refractivity contribution in [1.82, 2.24) is 11.1 Å². The van der Waals surface area contributed by atoms with Gasteiger partial charge in [0.1, 0.15) is 0 Å². The molecule has 0 aromatic carbocycles. The Kier molecular flexibility index (Phi) is 4.05. The first kappa shape index (κ1) is 11.9. The van der Waals surface area contributed by atoms with Gasteiger partial charge in [0.15, 0.2) is 0 Å². The van der Waals surface area contributed by atoms with Gasteiger partial charge in [-0.2, -0.15) is 0 Å². The van der Waals surface area contributed by atoms with Gasteiger partial charge in [-0.1, -0.05) is 0 Å². The van der Waals surface area contributed by atoms with Crippen molar-refractivity contribution in [3.05, 3.63) is 23.5 Å². The second kappa shape index (κ2) is 5.09. The quantitative estimate of drug-likeness (QED) is 0.764. The van der Waals surface area contributed by atoms with E-state index >= 15 is 0 Å². The first-order valence-electron chi connectivity index (χ1n) is 5.04. The standard InChI is InChI=1S/C11H16N2O.H3N/c1-9-3-4-12-10(2)11(9)13-5-7-14-8-6-13;/h3-4H,5-8H2,1-2H3;1H3. The molecular weight excluding hydrogens is 190 g/mol. The third-order valence-corrected chi connectivity index (χ3v) is 2.64. The molecule has 0 bridgehead atoms. The smallest absolute Gasteiger partial charge is 0.0642 e. The summed E-state index contributed by atoms with van der Waals surface area (Å²) in [6.07, 6.45) is 1.87. The molecule has 4 nitrogen and oxygen atoms in total. The molecule has 0 spiro atoms. The second-order valence-corrected chi connectivity index (χ2v) is 3.66. The Balaban J connectivity index is 0.00000112. The largest absolute Gasteiger partial charge is 0.378 e. The molecule has 0 unspecified atom stereocenters. The molecular formula is C11H19N3O. The van der Waals surface area contributed by atoms with Gasteiger partial charge in [-0.15, -0.1) is 0 Å². The zero-order valence-electron chi connectivity index (χ0n) is 9.49. The van der Waals surface area contributed by atoms with E-state index in [9.17, 15) is 0 Å². The molecule has 0 radical (unpaired) electrons. The zero-order valence-corrected chi connectivity index (χ0v) is 9.49. The molecule has 1 aliphatic heterocycles. The van der Waals surface area contributed by atoms with Crippen molar-refractivity contribution in [2.75, 3.05) is 31.2 Å². The SMILES string of the molecule is Cc1ccnc(C)c1N1CCOCC1.N. The van der Waals surface area contributed by atoms with E-state index in [0.717, 1.165) is 32.0 Å². The lowest BCUT2D eigenvalue weighted by Crippen LogP contribution is -2.37. The Morgan fingerprint density at radius 1 is 1.27 bits per heavy atom. The monoisotopic (exact) mass is 209 g/mol. The summed E-state index contributed by atoms with van der Waals surface area (Å²) >= 11 is 0. The molecule has 1 aromatic rings. The summed E-state index contributed by atoms with van der Waals surface area (Å²) in [6, 6.07) is 2.07. The van der Waals surface area contributed by atoms with Crippen LogP contribution < -0.4 is 11.1 Å². The summed E-state index contributed by atoms with van der Waals surface area (Å²) in [6.45, 7) is 7.82. The Morgan fingerprint density at radius 3 is 2.53 bits per heavy atom. The maximum absolute atomic E-state index is 5.34. The minimum Gasteiger partial charge on any atom is -0.378 e. The fraction of sp³-hybridized carbons (Fsp3) is 0.545. The molecule has 3 N–H and O–H groups in total. The van der Waals surface area contributed by atoms with Gasteiger partial charge >= 0.3 is 0 Å². The van der Waals surface area contributed by atoms with Crippen LogP contribution in [0.5, 0.6) is 0 Å². The second-order valence-electron chi connectivity index (χ2n) is 3.66. The van der Waals surface area contributed by atoms with E-state index in [4.69, 9.17) is 4.74 Å². The van der Waals surface area contributed by atoms with Gasteiger partial charge in [0.05, 0.1) is 24.6 Å². The number of ether oxygens (including phenoxy) is 1. The van der Waals surface area contributed by atoms with Crippen molar-refractivity contribution in [2.45, 2.75) is 13.8 Å². The number of morpholine rings is 1. The third-order valence-electron chi connectivity index (χ3n) is 2.64. The summed E-state index contributed by atoms with van der Waals surface area (Å²) in [4.78, 5) is 6.69. The van der Waals surface area contributed by atoms with E-state index in [0.29, 0.717) is 0 Å². The Labute approximate surface area is 90.8 Å². The van der Waals surface area contributed by atoms with Gasteiger partial charge in [-0.3, -0.25) is 4.98 Å². The number of nitrogens with zero attached hydrogens (tertiary/aromatic N) is 2. The molecule has 2 rings (SSSR count). The lowest BCUT2D eigenvalue weighted by molar-refractivity contribution is 0.122. The Hall–Kier alpha value is -1.13. The van der Waals surface area contributed by atoms with Crippen LogP contribution in [0, 0.1) is 13.8 Å². The Bertz CT molecular complexity index is 301. The highest BCUT2D eigenvalue weighted by molar-refractivity contribution is 5.56. The topological polar surface area (TPSA) is 60.4 Å². The van der Waals surface area contributed by atoms with E-state index in [1.165, 1.54) is 11.3 Å². The van der Waals surface area contributed by atoms with Crippen LogP contribution in [0.15, 0.2) is 12.3 Å². The summed E-state index contributed by atoms with van der Waals surface area (Å²) in [5, 5.41) is 0. The first-order valence-corrected chi connectivity index (χ1v) is 5.04. The van der Waals surface area contributed by atoms with Crippen LogP contribution in [0.4, 0.5) is 5.69 Å². The van der Waals surface area contributed by atoms with Crippen molar-refractivity contribution < 1.29 is 4.74 Å². The summed E-state index contributed by atoms with van der Waals surface area (Å²) in [5.41, 5.74) is 3.71. The highest BCUT2D eigenvalue weighted by Gasteiger charge is 2.15. The van der Waals surface area contributed by atoms with Crippen molar-refractivity contribution in [1.29, 1.82) is 0 Å². The van der Waals surface area contributed by atoms with Crippen LogP contribution in [-0.2, 0) is 4.74 Å². The minimum absolute atomic E-state index is 0. The molecule has 0 atom stereocenters. The maximum Gasteiger partial charge on any atom is 0.0642 e. The van der Waals surface area contributed by atoms with Gasteiger partial charge in [0.25, 0.3) is 0 Å². The molecule has 84 valence electrons. The van der Waals surface area contributed by atoms with Crippen LogP contribution in [0.1, 0.15) is 11.3 Å². The normalized spacial score (nSPS) is 16.0. The number of hydrogen-bond acceptors (Lipinski definition) is 4. The zero-order chi connectivity index (χ0) is 9.97. The number of hydrogen-bond donors (Lipinski definition) is 1. The minimum atomic E-state index is 0. The van der Waals surface area contributed by atoms with E-state index in [-0.39, 0.29) is 6.15 Å². The third kappa shape index (κ3) is 2.46. The number of aryl methyl sites for hydroxylation is 2. The summed E-state index contributed by atoms with van der Waals surface area (Å²) in [7, 11) is 0. The van der Waals surface area contributed by atoms with Crippen molar-refractivity contribution in [3.8, 4) is 0 Å². The van der Waals surface area contributed by atoms with E-state index < -0.39 is 0 Å². The fourth-order valence-electron chi connectivity index (χ4n) is 1.95. The predicted molar refractivity (Wildman–Crippen MR) is 61.8 cm³/mol. The number of rotatable bonds is 1. The Morgan fingerprint density at radius 2 is 1.93 bits per heavy atom. The van der Waals surface area contributed by atoms with Crippen molar-refractivity contribution >= 4 is 5.69 Å². The van der Waals surface area contributed by atoms with Gasteiger partial charge in [0, 0.05) is 19.3 Å². The number of anilines is 1. The maximum atomic E-state index is 5.34. The van der Waals surface area contributed by atoms with Gasteiger partial charge in [0.2, 0.25) is 0 Å². The average Bonchev–Trinajstić information content (AvgIpc) is 2.19. The first-order chi connectivity index (χ1) is 6.79. The summed E-state index contributed by atoms with van der Waals surface area (Å²) < 4.78 is 5.34. The van der Waals surface area contributed by atoms with Crippen LogP contribution in [0.3, 0.4) is 0 Å².